The molecule has 0 aliphatic carbocycles. The van der Waals surface area contributed by atoms with Crippen LogP contribution in [0.2, 0.25) is 5.02 Å². The number of benzene rings is 3. The van der Waals surface area contributed by atoms with Crippen LogP contribution < -0.4 is 9.64 Å². The molecule has 34 heavy (non-hydrogen) atoms. The fourth-order valence-corrected chi connectivity index (χ4v) is 5.27. The van der Waals surface area contributed by atoms with E-state index in [1.807, 2.05) is 13.0 Å². The molecule has 1 amide bonds. The summed E-state index contributed by atoms with van der Waals surface area (Å²) in [4.78, 5) is 32.5. The SMILES string of the molecule is CCOc1ccc(C2C(=C(O)c3ccccc3)C(=O)C(=O)N2c2nc3ccc(Cl)cc3s2)cc1. The number of thiazole rings is 1. The van der Waals surface area contributed by atoms with Gasteiger partial charge in [0.05, 0.1) is 28.4 Å². The molecule has 0 saturated carbocycles. The van der Waals surface area contributed by atoms with Crippen molar-refractivity contribution in [1.29, 1.82) is 0 Å². The van der Waals surface area contributed by atoms with Gasteiger partial charge in [-0.05, 0) is 42.8 Å². The summed E-state index contributed by atoms with van der Waals surface area (Å²) in [5.74, 6) is -1.08. The van der Waals surface area contributed by atoms with Crippen LogP contribution in [-0.2, 0) is 9.59 Å². The van der Waals surface area contributed by atoms with Crippen LogP contribution in [0.25, 0.3) is 16.0 Å². The number of carbonyl (C=O) groups excluding carboxylic acids is 2. The number of fused-ring (bicyclic) bond motifs is 1. The van der Waals surface area contributed by atoms with E-state index >= 15 is 0 Å². The Balaban J connectivity index is 1.70. The molecule has 1 atom stereocenters. The van der Waals surface area contributed by atoms with Gasteiger partial charge in [0, 0.05) is 10.6 Å². The van der Waals surface area contributed by atoms with Crippen LogP contribution in [0.3, 0.4) is 0 Å². The summed E-state index contributed by atoms with van der Waals surface area (Å²) in [7, 11) is 0. The largest absolute Gasteiger partial charge is 0.507 e. The second-order valence-corrected chi connectivity index (χ2v) is 9.09. The number of ketones is 1. The average Bonchev–Trinajstić information content (AvgIpc) is 3.37. The minimum atomic E-state index is -0.855. The molecular weight excluding hydrogens is 472 g/mol. The Labute approximate surface area is 204 Å². The molecule has 0 spiro atoms. The number of halogens is 1. The zero-order valence-corrected chi connectivity index (χ0v) is 19.6. The zero-order chi connectivity index (χ0) is 23.8. The van der Waals surface area contributed by atoms with Gasteiger partial charge in [-0.2, -0.15) is 0 Å². The van der Waals surface area contributed by atoms with Crippen molar-refractivity contribution in [1.82, 2.24) is 4.98 Å². The lowest BCUT2D eigenvalue weighted by molar-refractivity contribution is -0.132. The van der Waals surface area contributed by atoms with Crippen molar-refractivity contribution in [2.75, 3.05) is 11.5 Å². The number of aliphatic hydroxyl groups is 1. The summed E-state index contributed by atoms with van der Waals surface area (Å²) in [6.45, 7) is 2.40. The molecule has 4 aromatic rings. The fourth-order valence-electron chi connectivity index (χ4n) is 4.00. The van der Waals surface area contributed by atoms with E-state index in [0.29, 0.717) is 39.2 Å². The number of hydrogen-bond acceptors (Lipinski definition) is 6. The summed E-state index contributed by atoms with van der Waals surface area (Å²) in [5.41, 5.74) is 1.78. The molecule has 1 fully saturated rings. The van der Waals surface area contributed by atoms with Crippen molar-refractivity contribution in [2.45, 2.75) is 13.0 Å². The number of nitrogens with zero attached hydrogens (tertiary/aromatic N) is 2. The van der Waals surface area contributed by atoms with Gasteiger partial charge >= 0.3 is 5.91 Å². The fraction of sp³-hybridized carbons (Fsp3) is 0.115. The van der Waals surface area contributed by atoms with Crippen molar-refractivity contribution in [3.8, 4) is 5.75 Å². The number of amides is 1. The van der Waals surface area contributed by atoms with Crippen molar-refractivity contribution >= 4 is 55.7 Å². The standard InChI is InChI=1S/C26H19ClN2O4S/c1-2-33-18-11-8-15(9-12-18)22-21(23(30)16-6-4-3-5-7-16)24(31)25(32)29(22)26-28-19-13-10-17(27)14-20(19)34-26/h3-14,22,30H,2H2,1H3. The van der Waals surface area contributed by atoms with Crippen LogP contribution in [0.15, 0.2) is 78.4 Å². The predicted octanol–water partition coefficient (Wildman–Crippen LogP) is 5.97. The van der Waals surface area contributed by atoms with Crippen LogP contribution in [0, 0.1) is 0 Å². The number of anilines is 1. The van der Waals surface area contributed by atoms with Crippen molar-refractivity contribution in [2.24, 2.45) is 0 Å². The van der Waals surface area contributed by atoms with E-state index in [9.17, 15) is 14.7 Å². The van der Waals surface area contributed by atoms with Crippen LogP contribution in [0.4, 0.5) is 5.13 Å². The number of hydrogen-bond donors (Lipinski definition) is 1. The zero-order valence-electron chi connectivity index (χ0n) is 18.1. The maximum absolute atomic E-state index is 13.3. The number of aliphatic hydroxyl groups excluding tert-OH is 1. The third-order valence-electron chi connectivity index (χ3n) is 5.54. The van der Waals surface area contributed by atoms with E-state index in [2.05, 4.69) is 4.98 Å². The quantitative estimate of drug-likeness (QED) is 0.211. The van der Waals surface area contributed by atoms with E-state index in [1.165, 1.54) is 16.2 Å². The van der Waals surface area contributed by atoms with E-state index in [4.69, 9.17) is 16.3 Å². The molecule has 1 saturated heterocycles. The predicted molar refractivity (Wildman–Crippen MR) is 133 cm³/mol. The van der Waals surface area contributed by atoms with Crippen LogP contribution in [0.1, 0.15) is 24.1 Å². The first-order valence-corrected chi connectivity index (χ1v) is 11.8. The lowest BCUT2D eigenvalue weighted by Gasteiger charge is -2.23. The third-order valence-corrected chi connectivity index (χ3v) is 6.80. The number of ether oxygens (including phenoxy) is 1. The van der Waals surface area contributed by atoms with Crippen molar-refractivity contribution in [3.05, 3.63) is 94.5 Å². The smallest absolute Gasteiger partial charge is 0.301 e. The summed E-state index contributed by atoms with van der Waals surface area (Å²) in [6, 6.07) is 20.2. The minimum Gasteiger partial charge on any atom is -0.507 e. The summed E-state index contributed by atoms with van der Waals surface area (Å²) in [5, 5.41) is 12.0. The minimum absolute atomic E-state index is 0.0117. The van der Waals surface area contributed by atoms with E-state index in [-0.39, 0.29) is 11.3 Å². The lowest BCUT2D eigenvalue weighted by atomic mass is 9.95. The maximum atomic E-state index is 13.3. The highest BCUT2D eigenvalue weighted by Gasteiger charge is 2.48. The first-order valence-electron chi connectivity index (χ1n) is 10.6. The lowest BCUT2D eigenvalue weighted by Crippen LogP contribution is -2.29. The van der Waals surface area contributed by atoms with Gasteiger partial charge in [0.2, 0.25) is 0 Å². The Kier molecular flexibility index (Phi) is 5.81. The monoisotopic (exact) mass is 490 g/mol. The van der Waals surface area contributed by atoms with Gasteiger partial charge in [0.25, 0.3) is 5.78 Å². The van der Waals surface area contributed by atoms with Gasteiger partial charge in [-0.3, -0.25) is 14.5 Å². The number of aromatic nitrogens is 1. The molecule has 0 radical (unpaired) electrons. The van der Waals surface area contributed by atoms with Crippen molar-refractivity contribution in [3.63, 3.8) is 0 Å². The molecule has 1 N–H and O–H groups in total. The molecule has 8 heteroatoms. The molecule has 1 aliphatic rings. The molecule has 1 aromatic heterocycles. The summed E-state index contributed by atoms with van der Waals surface area (Å²) in [6.07, 6.45) is 0. The Bertz CT molecular complexity index is 1430. The molecule has 6 nitrogen and oxygen atoms in total. The van der Waals surface area contributed by atoms with Gasteiger partial charge < -0.3 is 9.84 Å². The molecule has 0 bridgehead atoms. The highest BCUT2D eigenvalue weighted by molar-refractivity contribution is 7.22. The highest BCUT2D eigenvalue weighted by atomic mass is 35.5. The molecule has 5 rings (SSSR count). The first-order chi connectivity index (χ1) is 16.5. The number of carbonyl (C=O) groups is 2. The maximum Gasteiger partial charge on any atom is 0.301 e. The summed E-state index contributed by atoms with van der Waals surface area (Å²) < 4.78 is 6.33. The number of Topliss-reactive ketones (excluding diaryl/α,β-unsaturated/α-hetero) is 1. The van der Waals surface area contributed by atoms with E-state index in [1.54, 1.807) is 66.7 Å². The van der Waals surface area contributed by atoms with E-state index in [0.717, 1.165) is 4.70 Å². The average molecular weight is 491 g/mol. The summed E-state index contributed by atoms with van der Waals surface area (Å²) >= 11 is 7.39. The molecule has 2 heterocycles. The van der Waals surface area contributed by atoms with Crippen molar-refractivity contribution < 1.29 is 19.4 Å². The second kappa shape index (κ2) is 8.93. The topological polar surface area (TPSA) is 79.7 Å². The highest BCUT2D eigenvalue weighted by Crippen LogP contribution is 2.44. The Morgan fingerprint density at radius 2 is 1.82 bits per heavy atom. The third kappa shape index (κ3) is 3.83. The van der Waals surface area contributed by atoms with Gasteiger partial charge in [0.15, 0.2) is 5.13 Å². The van der Waals surface area contributed by atoms with Gasteiger partial charge in [-0.25, -0.2) is 4.98 Å². The van der Waals surface area contributed by atoms with Gasteiger partial charge in [-0.15, -0.1) is 0 Å². The van der Waals surface area contributed by atoms with Crippen LogP contribution in [0.5, 0.6) is 5.75 Å². The molecule has 170 valence electrons. The molecule has 3 aromatic carbocycles. The van der Waals surface area contributed by atoms with E-state index < -0.39 is 17.7 Å². The van der Waals surface area contributed by atoms with Gasteiger partial charge in [0.1, 0.15) is 11.5 Å². The second-order valence-electron chi connectivity index (χ2n) is 7.65. The van der Waals surface area contributed by atoms with Crippen LogP contribution >= 0.6 is 22.9 Å². The Morgan fingerprint density at radius 1 is 1.09 bits per heavy atom. The van der Waals surface area contributed by atoms with Crippen LogP contribution in [-0.4, -0.2) is 28.4 Å². The Morgan fingerprint density at radius 3 is 2.53 bits per heavy atom. The molecular formula is C26H19ClN2O4S. The normalized spacial score (nSPS) is 17.5. The van der Waals surface area contributed by atoms with Gasteiger partial charge in [-0.1, -0.05) is 65.4 Å². The molecule has 1 unspecified atom stereocenters. The first kappa shape index (κ1) is 22.1. The Hall–Kier alpha value is -3.68. The number of rotatable bonds is 5. The molecule has 1 aliphatic heterocycles.